The fraction of sp³-hybridized carbons (Fsp3) is 0.429. The van der Waals surface area contributed by atoms with Gasteiger partial charge in [0, 0.05) is 12.1 Å². The van der Waals surface area contributed by atoms with Crippen molar-refractivity contribution in [1.82, 2.24) is 15.5 Å². The first kappa shape index (κ1) is 13.6. The summed E-state index contributed by atoms with van der Waals surface area (Å²) < 4.78 is 11.5. The van der Waals surface area contributed by atoms with E-state index in [1.165, 1.54) is 0 Å². The average Bonchev–Trinajstić information content (AvgIpc) is 3.07. The quantitative estimate of drug-likeness (QED) is 0.933. The molecule has 1 N–H and O–H groups in total. The Hall–Kier alpha value is -1.40. The Morgan fingerprint density at radius 3 is 2.90 bits per heavy atom. The number of nitrogens with one attached hydrogen (secondary N) is 1. The van der Waals surface area contributed by atoms with Gasteiger partial charge in [0.1, 0.15) is 5.75 Å². The van der Waals surface area contributed by atoms with E-state index in [2.05, 4.69) is 38.3 Å². The number of methoxy groups -OCH3 is 1. The van der Waals surface area contributed by atoms with Crippen LogP contribution in [-0.4, -0.2) is 30.3 Å². The van der Waals surface area contributed by atoms with Crippen LogP contribution in [0.2, 0.25) is 0 Å². The highest BCUT2D eigenvalue weighted by atomic mass is 79.9. The third kappa shape index (κ3) is 2.45. The molecule has 2 unspecified atom stereocenters. The lowest BCUT2D eigenvalue weighted by molar-refractivity contribution is 0.340. The molecule has 1 fully saturated rings. The predicted molar refractivity (Wildman–Crippen MR) is 78.8 cm³/mol. The van der Waals surface area contributed by atoms with Gasteiger partial charge in [0.05, 0.1) is 17.5 Å². The van der Waals surface area contributed by atoms with Crippen molar-refractivity contribution < 1.29 is 9.26 Å². The van der Waals surface area contributed by atoms with Crippen LogP contribution in [0, 0.1) is 5.92 Å². The van der Waals surface area contributed by atoms with E-state index < -0.39 is 0 Å². The number of ether oxygens (including phenoxy) is 1. The Bertz CT molecular complexity index is 614. The molecule has 2 heterocycles. The second-order valence-corrected chi connectivity index (χ2v) is 5.90. The maximum atomic E-state index is 5.42. The Balaban J connectivity index is 1.88. The number of hydrogen-bond donors (Lipinski definition) is 1. The summed E-state index contributed by atoms with van der Waals surface area (Å²) in [4.78, 5) is 4.53. The van der Waals surface area contributed by atoms with Crippen LogP contribution >= 0.6 is 15.9 Å². The lowest BCUT2D eigenvalue weighted by Gasteiger charge is -2.07. The van der Waals surface area contributed by atoms with E-state index in [0.29, 0.717) is 23.6 Å². The van der Waals surface area contributed by atoms with Gasteiger partial charge in [-0.1, -0.05) is 12.1 Å². The van der Waals surface area contributed by atoms with Crippen molar-refractivity contribution in [3.05, 3.63) is 28.6 Å². The molecule has 0 amide bonds. The van der Waals surface area contributed by atoms with Crippen molar-refractivity contribution in [2.75, 3.05) is 20.2 Å². The minimum Gasteiger partial charge on any atom is -0.496 e. The van der Waals surface area contributed by atoms with Crippen molar-refractivity contribution in [2.24, 2.45) is 5.92 Å². The first-order chi connectivity index (χ1) is 9.69. The van der Waals surface area contributed by atoms with E-state index in [9.17, 15) is 0 Å². The molecule has 2 atom stereocenters. The van der Waals surface area contributed by atoms with Gasteiger partial charge in [0.25, 0.3) is 0 Å². The molecule has 106 valence electrons. The van der Waals surface area contributed by atoms with Crippen LogP contribution in [0.5, 0.6) is 5.75 Å². The van der Waals surface area contributed by atoms with E-state index in [-0.39, 0.29) is 0 Å². The van der Waals surface area contributed by atoms with E-state index in [0.717, 1.165) is 28.9 Å². The molecule has 0 radical (unpaired) electrons. The van der Waals surface area contributed by atoms with Crippen molar-refractivity contribution in [1.29, 1.82) is 0 Å². The zero-order chi connectivity index (χ0) is 14.1. The van der Waals surface area contributed by atoms with E-state index in [1.54, 1.807) is 7.11 Å². The molecule has 1 saturated heterocycles. The molecule has 0 saturated carbocycles. The minimum absolute atomic E-state index is 0.304. The maximum absolute atomic E-state index is 5.42. The maximum Gasteiger partial charge on any atom is 0.231 e. The van der Waals surface area contributed by atoms with Crippen LogP contribution in [-0.2, 0) is 0 Å². The van der Waals surface area contributed by atoms with Crippen LogP contribution in [0.25, 0.3) is 11.4 Å². The number of benzene rings is 1. The van der Waals surface area contributed by atoms with Gasteiger partial charge < -0.3 is 14.6 Å². The summed E-state index contributed by atoms with van der Waals surface area (Å²) >= 11 is 3.47. The molecular formula is C14H16BrN3O2. The normalized spacial score (nSPS) is 22.1. The number of hydrogen-bond acceptors (Lipinski definition) is 5. The fourth-order valence-electron chi connectivity index (χ4n) is 2.45. The largest absolute Gasteiger partial charge is 0.496 e. The monoisotopic (exact) mass is 337 g/mol. The summed E-state index contributed by atoms with van der Waals surface area (Å²) in [7, 11) is 1.64. The topological polar surface area (TPSA) is 60.2 Å². The summed E-state index contributed by atoms with van der Waals surface area (Å²) in [5.74, 6) is 2.93. The van der Waals surface area contributed by atoms with Crippen LogP contribution in [0.3, 0.4) is 0 Å². The third-order valence-electron chi connectivity index (χ3n) is 3.69. The molecule has 1 aromatic carbocycles. The number of rotatable bonds is 3. The van der Waals surface area contributed by atoms with Gasteiger partial charge in [-0.05, 0) is 46.6 Å². The van der Waals surface area contributed by atoms with E-state index in [1.807, 2.05) is 18.2 Å². The SMILES string of the molecule is COc1ccc(-c2noc(C3CNCC3C)n2)cc1Br. The predicted octanol–water partition coefficient (Wildman–Crippen LogP) is 2.83. The summed E-state index contributed by atoms with van der Waals surface area (Å²) in [5, 5.41) is 7.43. The summed E-state index contributed by atoms with van der Waals surface area (Å²) in [6.07, 6.45) is 0. The Morgan fingerprint density at radius 2 is 2.25 bits per heavy atom. The van der Waals surface area contributed by atoms with Crippen molar-refractivity contribution in [3.63, 3.8) is 0 Å². The Kier molecular flexibility index (Phi) is 3.76. The van der Waals surface area contributed by atoms with Gasteiger partial charge in [-0.2, -0.15) is 4.98 Å². The molecular weight excluding hydrogens is 322 g/mol. The van der Waals surface area contributed by atoms with Crippen LogP contribution in [0.15, 0.2) is 27.2 Å². The van der Waals surface area contributed by atoms with Crippen LogP contribution < -0.4 is 10.1 Å². The molecule has 0 bridgehead atoms. The highest BCUT2D eigenvalue weighted by molar-refractivity contribution is 9.10. The van der Waals surface area contributed by atoms with Crippen LogP contribution in [0.4, 0.5) is 0 Å². The minimum atomic E-state index is 0.304. The molecule has 1 aliphatic rings. The van der Waals surface area contributed by atoms with Gasteiger partial charge in [0.15, 0.2) is 0 Å². The third-order valence-corrected chi connectivity index (χ3v) is 4.31. The van der Waals surface area contributed by atoms with Crippen molar-refractivity contribution in [2.45, 2.75) is 12.8 Å². The molecule has 6 heteroatoms. The fourth-order valence-corrected chi connectivity index (χ4v) is 2.99. The first-order valence-corrected chi connectivity index (χ1v) is 7.36. The van der Waals surface area contributed by atoms with Crippen molar-refractivity contribution >= 4 is 15.9 Å². The second-order valence-electron chi connectivity index (χ2n) is 5.05. The number of halogens is 1. The van der Waals surface area contributed by atoms with E-state index >= 15 is 0 Å². The summed E-state index contributed by atoms with van der Waals surface area (Å²) in [5.41, 5.74) is 0.909. The van der Waals surface area contributed by atoms with Gasteiger partial charge >= 0.3 is 0 Å². The zero-order valence-electron chi connectivity index (χ0n) is 11.4. The number of aromatic nitrogens is 2. The molecule has 20 heavy (non-hydrogen) atoms. The molecule has 3 rings (SSSR count). The molecule has 1 aliphatic heterocycles. The highest BCUT2D eigenvalue weighted by Gasteiger charge is 2.29. The Labute approximate surface area is 125 Å². The van der Waals surface area contributed by atoms with Crippen molar-refractivity contribution in [3.8, 4) is 17.1 Å². The highest BCUT2D eigenvalue weighted by Crippen LogP contribution is 2.31. The van der Waals surface area contributed by atoms with Gasteiger partial charge in [-0.3, -0.25) is 0 Å². The lowest BCUT2D eigenvalue weighted by Crippen LogP contribution is -2.08. The average molecular weight is 338 g/mol. The summed E-state index contributed by atoms with van der Waals surface area (Å²) in [6.45, 7) is 4.09. The summed E-state index contributed by atoms with van der Waals surface area (Å²) in [6, 6.07) is 5.74. The van der Waals surface area contributed by atoms with Crippen LogP contribution in [0.1, 0.15) is 18.7 Å². The van der Waals surface area contributed by atoms with E-state index in [4.69, 9.17) is 9.26 Å². The van der Waals surface area contributed by atoms with Gasteiger partial charge in [-0.15, -0.1) is 0 Å². The molecule has 2 aromatic rings. The lowest BCUT2D eigenvalue weighted by atomic mass is 9.98. The zero-order valence-corrected chi connectivity index (χ0v) is 13.0. The van der Waals surface area contributed by atoms with Gasteiger partial charge in [-0.25, -0.2) is 0 Å². The first-order valence-electron chi connectivity index (χ1n) is 6.57. The second kappa shape index (κ2) is 5.54. The molecule has 0 spiro atoms. The molecule has 1 aromatic heterocycles. The standard InChI is InChI=1S/C14H16BrN3O2/c1-8-6-16-7-10(8)14-17-13(18-20-14)9-3-4-12(19-2)11(15)5-9/h3-5,8,10,16H,6-7H2,1-2H3. The smallest absolute Gasteiger partial charge is 0.231 e. The molecule has 5 nitrogen and oxygen atoms in total. The number of nitrogens with zero attached hydrogens (tertiary/aromatic N) is 2. The molecule has 0 aliphatic carbocycles. The van der Waals surface area contributed by atoms with Gasteiger partial charge in [0.2, 0.25) is 11.7 Å². The Morgan fingerprint density at radius 1 is 1.40 bits per heavy atom.